The monoisotopic (exact) mass is 277 g/mol. The molecule has 0 amide bonds. The molecule has 5 heteroatoms. The number of nitrogens with one attached hydrogen (secondary N) is 2. The maximum atomic E-state index is 4.48. The van der Waals surface area contributed by atoms with Crippen molar-refractivity contribution in [1.82, 2.24) is 14.9 Å². The quantitative estimate of drug-likeness (QED) is 0.802. The molecule has 2 N–H and O–H groups in total. The lowest BCUT2D eigenvalue weighted by atomic mass is 9.75. The fourth-order valence-corrected chi connectivity index (χ4v) is 2.62. The van der Waals surface area contributed by atoms with Crippen LogP contribution >= 0.6 is 0 Å². The van der Waals surface area contributed by atoms with Gasteiger partial charge in [0.15, 0.2) is 0 Å². The SMILES string of the molecule is CCCNc1cc(NCC2(N(C)C)CCC2)nc(C)n1. The van der Waals surface area contributed by atoms with Crippen LogP contribution in [0, 0.1) is 6.92 Å². The van der Waals surface area contributed by atoms with Crippen molar-refractivity contribution in [2.45, 2.75) is 45.1 Å². The summed E-state index contributed by atoms with van der Waals surface area (Å²) in [4.78, 5) is 11.2. The first-order valence-electron chi connectivity index (χ1n) is 7.56. The summed E-state index contributed by atoms with van der Waals surface area (Å²) in [5.74, 6) is 2.64. The molecule has 0 bridgehead atoms. The number of aryl methyl sites for hydroxylation is 1. The Balaban J connectivity index is 2.00. The van der Waals surface area contributed by atoms with Gasteiger partial charge in [-0.2, -0.15) is 0 Å². The summed E-state index contributed by atoms with van der Waals surface area (Å²) in [6.45, 7) is 5.98. The zero-order valence-corrected chi connectivity index (χ0v) is 13.2. The van der Waals surface area contributed by atoms with Crippen molar-refractivity contribution in [2.24, 2.45) is 0 Å². The Morgan fingerprint density at radius 3 is 2.35 bits per heavy atom. The van der Waals surface area contributed by atoms with E-state index >= 15 is 0 Å². The Hall–Kier alpha value is -1.36. The van der Waals surface area contributed by atoms with Gasteiger partial charge in [0, 0.05) is 24.7 Å². The Morgan fingerprint density at radius 1 is 1.20 bits per heavy atom. The molecule has 0 aromatic carbocycles. The van der Waals surface area contributed by atoms with Crippen molar-refractivity contribution in [3.63, 3.8) is 0 Å². The normalized spacial score (nSPS) is 16.9. The topological polar surface area (TPSA) is 53.1 Å². The van der Waals surface area contributed by atoms with E-state index in [1.54, 1.807) is 0 Å². The molecule has 1 aromatic rings. The molecule has 1 heterocycles. The van der Waals surface area contributed by atoms with E-state index in [4.69, 9.17) is 0 Å². The zero-order valence-electron chi connectivity index (χ0n) is 13.2. The number of nitrogens with zero attached hydrogens (tertiary/aromatic N) is 3. The average Bonchev–Trinajstić information content (AvgIpc) is 2.34. The van der Waals surface area contributed by atoms with Crippen LogP contribution in [0.4, 0.5) is 11.6 Å². The summed E-state index contributed by atoms with van der Waals surface area (Å²) in [6, 6.07) is 2.00. The standard InChI is InChI=1S/C15H27N5/c1-5-9-16-13-10-14(19-12(2)18-13)17-11-15(20(3)4)7-6-8-15/h10H,5-9,11H2,1-4H3,(H2,16,17,18,19). The highest BCUT2D eigenvalue weighted by Gasteiger charge is 2.38. The summed E-state index contributed by atoms with van der Waals surface area (Å²) in [7, 11) is 4.33. The first-order chi connectivity index (χ1) is 9.55. The van der Waals surface area contributed by atoms with Gasteiger partial charge in [-0.05, 0) is 46.7 Å². The predicted molar refractivity (Wildman–Crippen MR) is 84.3 cm³/mol. The third-order valence-electron chi connectivity index (χ3n) is 4.23. The van der Waals surface area contributed by atoms with Gasteiger partial charge < -0.3 is 15.5 Å². The summed E-state index contributed by atoms with van der Waals surface area (Å²) in [6.07, 6.45) is 4.94. The molecule has 0 unspecified atom stereocenters. The van der Waals surface area contributed by atoms with Gasteiger partial charge in [-0.25, -0.2) is 9.97 Å². The van der Waals surface area contributed by atoms with Crippen LogP contribution in [0.5, 0.6) is 0 Å². The van der Waals surface area contributed by atoms with Crippen LogP contribution in [0.3, 0.4) is 0 Å². The molecular formula is C15H27N5. The van der Waals surface area contributed by atoms with Crippen LogP contribution in [-0.2, 0) is 0 Å². The van der Waals surface area contributed by atoms with Gasteiger partial charge in [-0.1, -0.05) is 6.92 Å². The van der Waals surface area contributed by atoms with E-state index in [1.165, 1.54) is 19.3 Å². The molecule has 20 heavy (non-hydrogen) atoms. The number of hydrogen-bond donors (Lipinski definition) is 2. The van der Waals surface area contributed by atoms with Crippen molar-refractivity contribution in [1.29, 1.82) is 0 Å². The molecule has 0 saturated heterocycles. The minimum absolute atomic E-state index is 0.301. The van der Waals surface area contributed by atoms with Crippen LogP contribution < -0.4 is 10.6 Å². The molecule has 0 aliphatic heterocycles. The van der Waals surface area contributed by atoms with Crippen molar-refractivity contribution >= 4 is 11.6 Å². The molecule has 112 valence electrons. The Morgan fingerprint density at radius 2 is 1.85 bits per heavy atom. The lowest BCUT2D eigenvalue weighted by Gasteiger charge is -2.47. The maximum absolute atomic E-state index is 4.48. The summed E-state index contributed by atoms with van der Waals surface area (Å²) >= 11 is 0. The molecule has 0 spiro atoms. The molecular weight excluding hydrogens is 250 g/mol. The minimum Gasteiger partial charge on any atom is -0.370 e. The Bertz CT molecular complexity index is 440. The second kappa shape index (κ2) is 6.39. The molecule has 1 fully saturated rings. The third-order valence-corrected chi connectivity index (χ3v) is 4.23. The number of rotatable bonds is 7. The molecule has 1 aliphatic carbocycles. The summed E-state index contributed by atoms with van der Waals surface area (Å²) in [5, 5.41) is 6.82. The second-order valence-electron chi connectivity index (χ2n) is 5.94. The van der Waals surface area contributed by atoms with E-state index in [9.17, 15) is 0 Å². The maximum Gasteiger partial charge on any atom is 0.131 e. The van der Waals surface area contributed by atoms with Crippen LogP contribution in [0.25, 0.3) is 0 Å². The first-order valence-corrected chi connectivity index (χ1v) is 7.56. The lowest BCUT2D eigenvalue weighted by molar-refractivity contribution is 0.0738. The van der Waals surface area contributed by atoms with E-state index in [0.29, 0.717) is 5.54 Å². The van der Waals surface area contributed by atoms with Gasteiger partial charge in [0.1, 0.15) is 17.5 Å². The minimum atomic E-state index is 0.301. The Kier molecular flexibility index (Phi) is 4.81. The van der Waals surface area contributed by atoms with E-state index < -0.39 is 0 Å². The van der Waals surface area contributed by atoms with Crippen molar-refractivity contribution in [2.75, 3.05) is 37.8 Å². The van der Waals surface area contributed by atoms with Gasteiger partial charge in [-0.3, -0.25) is 0 Å². The predicted octanol–water partition coefficient (Wildman–Crippen LogP) is 2.50. The number of likely N-dealkylation sites (N-methyl/N-ethyl adjacent to an activating group) is 1. The largest absolute Gasteiger partial charge is 0.370 e. The summed E-state index contributed by atoms with van der Waals surface area (Å²) in [5.41, 5.74) is 0.301. The second-order valence-corrected chi connectivity index (χ2v) is 5.94. The van der Waals surface area contributed by atoms with E-state index in [0.717, 1.165) is 37.0 Å². The molecule has 5 nitrogen and oxygen atoms in total. The lowest BCUT2D eigenvalue weighted by Crippen LogP contribution is -2.54. The van der Waals surface area contributed by atoms with E-state index in [1.807, 2.05) is 13.0 Å². The number of anilines is 2. The Labute approximate surface area is 122 Å². The van der Waals surface area contributed by atoms with E-state index in [2.05, 4.69) is 46.5 Å². The third kappa shape index (κ3) is 3.39. The smallest absolute Gasteiger partial charge is 0.131 e. The molecule has 1 aliphatic rings. The number of hydrogen-bond acceptors (Lipinski definition) is 5. The molecule has 0 radical (unpaired) electrons. The van der Waals surface area contributed by atoms with Gasteiger partial charge in [0.25, 0.3) is 0 Å². The van der Waals surface area contributed by atoms with Crippen LogP contribution in [0.2, 0.25) is 0 Å². The summed E-state index contributed by atoms with van der Waals surface area (Å²) < 4.78 is 0. The highest BCUT2D eigenvalue weighted by atomic mass is 15.2. The highest BCUT2D eigenvalue weighted by Crippen LogP contribution is 2.36. The van der Waals surface area contributed by atoms with Crippen molar-refractivity contribution in [3.05, 3.63) is 11.9 Å². The van der Waals surface area contributed by atoms with Gasteiger partial charge >= 0.3 is 0 Å². The van der Waals surface area contributed by atoms with Crippen LogP contribution in [-0.4, -0.2) is 47.6 Å². The fourth-order valence-electron chi connectivity index (χ4n) is 2.62. The first kappa shape index (κ1) is 15.0. The average molecular weight is 277 g/mol. The van der Waals surface area contributed by atoms with Crippen molar-refractivity contribution < 1.29 is 0 Å². The number of aromatic nitrogens is 2. The fraction of sp³-hybridized carbons (Fsp3) is 0.733. The van der Waals surface area contributed by atoms with Crippen LogP contribution in [0.15, 0.2) is 6.07 Å². The molecule has 1 saturated carbocycles. The molecule has 2 rings (SSSR count). The van der Waals surface area contributed by atoms with Crippen molar-refractivity contribution in [3.8, 4) is 0 Å². The molecule has 1 aromatic heterocycles. The van der Waals surface area contributed by atoms with E-state index in [-0.39, 0.29) is 0 Å². The molecule has 0 atom stereocenters. The van der Waals surface area contributed by atoms with Gasteiger partial charge in [0.05, 0.1) is 0 Å². The van der Waals surface area contributed by atoms with Gasteiger partial charge in [-0.15, -0.1) is 0 Å². The van der Waals surface area contributed by atoms with Crippen LogP contribution in [0.1, 0.15) is 38.4 Å². The van der Waals surface area contributed by atoms with Gasteiger partial charge in [0.2, 0.25) is 0 Å². The zero-order chi connectivity index (χ0) is 14.6. The highest BCUT2D eigenvalue weighted by molar-refractivity contribution is 5.47.